The fourth-order valence-electron chi connectivity index (χ4n) is 3.96. The summed E-state index contributed by atoms with van der Waals surface area (Å²) < 4.78 is 35.1. The number of carbonyl (C=O) groups is 1. The van der Waals surface area contributed by atoms with Gasteiger partial charge in [0.25, 0.3) is 0 Å². The van der Waals surface area contributed by atoms with E-state index in [4.69, 9.17) is 9.84 Å². The number of carboxylic acids is 1. The Bertz CT molecular complexity index is 1270. The second-order valence-corrected chi connectivity index (χ2v) is 9.23. The lowest BCUT2D eigenvalue weighted by molar-refractivity contribution is -0.137. The highest BCUT2D eigenvalue weighted by molar-refractivity contribution is 7.89. The summed E-state index contributed by atoms with van der Waals surface area (Å²) in [6, 6.07) is 9.25. The van der Waals surface area contributed by atoms with Crippen molar-refractivity contribution in [3.05, 3.63) is 53.1 Å². The highest BCUT2D eigenvalue weighted by atomic mass is 32.2. The van der Waals surface area contributed by atoms with Crippen molar-refractivity contribution in [1.82, 2.24) is 18.4 Å². The standard InChI is InChI=1S/C20H22N4O6S/c1-30-15-4-6-16(7-5-15)31(28,29)22-11-8-14(9-12-22)24-19-17(3-2-10-21-19)23(20(24)27)13-18(25)26/h2-7,10,14H,8-9,11-13H2,1H3,(H,25,26). The summed E-state index contributed by atoms with van der Waals surface area (Å²) in [5, 5.41) is 9.17. The van der Waals surface area contributed by atoms with Crippen LogP contribution in [-0.2, 0) is 21.4 Å². The zero-order chi connectivity index (χ0) is 22.2. The van der Waals surface area contributed by atoms with Crippen molar-refractivity contribution in [2.75, 3.05) is 20.2 Å². The molecule has 0 bridgehead atoms. The average molecular weight is 446 g/mol. The number of pyridine rings is 1. The molecule has 11 heteroatoms. The number of nitrogens with zero attached hydrogens (tertiary/aromatic N) is 4. The number of hydrogen-bond acceptors (Lipinski definition) is 6. The molecule has 2 aromatic heterocycles. The van der Waals surface area contributed by atoms with E-state index in [0.717, 1.165) is 0 Å². The Labute approximate surface area is 178 Å². The first-order valence-corrected chi connectivity index (χ1v) is 11.2. The Kier molecular flexibility index (Phi) is 5.54. The predicted molar refractivity (Wildman–Crippen MR) is 112 cm³/mol. The van der Waals surface area contributed by atoms with Gasteiger partial charge in [-0.1, -0.05) is 0 Å². The van der Waals surface area contributed by atoms with Crippen LogP contribution < -0.4 is 10.4 Å². The predicted octanol–water partition coefficient (Wildman–Crippen LogP) is 1.32. The van der Waals surface area contributed by atoms with Gasteiger partial charge < -0.3 is 9.84 Å². The van der Waals surface area contributed by atoms with Gasteiger partial charge in [-0.25, -0.2) is 18.2 Å². The van der Waals surface area contributed by atoms with Crippen molar-refractivity contribution in [2.45, 2.75) is 30.3 Å². The van der Waals surface area contributed by atoms with E-state index in [-0.39, 0.29) is 24.0 Å². The largest absolute Gasteiger partial charge is 0.497 e. The number of ether oxygens (including phenoxy) is 1. The van der Waals surface area contributed by atoms with Crippen LogP contribution in [0.1, 0.15) is 18.9 Å². The van der Waals surface area contributed by atoms with Gasteiger partial charge in [0.05, 0.1) is 17.5 Å². The molecule has 0 aliphatic carbocycles. The highest BCUT2D eigenvalue weighted by Gasteiger charge is 2.32. The zero-order valence-corrected chi connectivity index (χ0v) is 17.7. The van der Waals surface area contributed by atoms with Crippen LogP contribution in [0.5, 0.6) is 5.75 Å². The molecule has 1 N–H and O–H groups in total. The van der Waals surface area contributed by atoms with Crippen molar-refractivity contribution >= 4 is 27.2 Å². The van der Waals surface area contributed by atoms with Crippen LogP contribution in [0.3, 0.4) is 0 Å². The third-order valence-electron chi connectivity index (χ3n) is 5.50. The number of sulfonamides is 1. The second kappa shape index (κ2) is 8.16. The van der Waals surface area contributed by atoms with Gasteiger partial charge in [-0.15, -0.1) is 0 Å². The van der Waals surface area contributed by atoms with Crippen LogP contribution in [0.25, 0.3) is 11.2 Å². The minimum absolute atomic E-state index is 0.184. The lowest BCUT2D eigenvalue weighted by Crippen LogP contribution is -2.41. The Hall–Kier alpha value is -3.18. The van der Waals surface area contributed by atoms with Crippen LogP contribution in [0.15, 0.2) is 52.3 Å². The number of carboxylic acid groups (broad SMARTS) is 1. The zero-order valence-electron chi connectivity index (χ0n) is 16.8. The average Bonchev–Trinajstić information content (AvgIpc) is 3.05. The fourth-order valence-corrected chi connectivity index (χ4v) is 5.43. The van der Waals surface area contributed by atoms with E-state index in [1.54, 1.807) is 30.5 Å². The van der Waals surface area contributed by atoms with Crippen LogP contribution in [0, 0.1) is 0 Å². The summed E-state index contributed by atoms with van der Waals surface area (Å²) >= 11 is 0. The van der Waals surface area contributed by atoms with Crippen molar-refractivity contribution < 1.29 is 23.1 Å². The first kappa shape index (κ1) is 21.1. The Morgan fingerprint density at radius 3 is 2.48 bits per heavy atom. The molecule has 10 nitrogen and oxygen atoms in total. The molecule has 0 amide bonds. The van der Waals surface area contributed by atoms with Crippen LogP contribution in [0.2, 0.25) is 0 Å². The van der Waals surface area contributed by atoms with E-state index >= 15 is 0 Å². The summed E-state index contributed by atoms with van der Waals surface area (Å²) in [7, 11) is -2.15. The molecule has 1 fully saturated rings. The smallest absolute Gasteiger partial charge is 0.331 e. The maximum absolute atomic E-state index is 13.0. The summed E-state index contributed by atoms with van der Waals surface area (Å²) in [6.45, 7) is 0.0204. The molecule has 0 spiro atoms. The molecule has 1 aliphatic rings. The maximum atomic E-state index is 13.0. The van der Waals surface area contributed by atoms with Gasteiger partial charge in [-0.2, -0.15) is 4.31 Å². The van der Waals surface area contributed by atoms with Gasteiger partial charge >= 0.3 is 11.7 Å². The monoisotopic (exact) mass is 446 g/mol. The normalized spacial score (nSPS) is 15.9. The molecule has 1 aliphatic heterocycles. The molecule has 1 saturated heterocycles. The lowest BCUT2D eigenvalue weighted by atomic mass is 10.1. The van der Waals surface area contributed by atoms with Crippen molar-refractivity contribution in [3.63, 3.8) is 0 Å². The summed E-state index contributed by atoms with van der Waals surface area (Å²) in [4.78, 5) is 28.6. The number of piperidine rings is 1. The highest BCUT2D eigenvalue weighted by Crippen LogP contribution is 2.28. The third kappa shape index (κ3) is 3.81. The first-order chi connectivity index (χ1) is 14.8. The van der Waals surface area contributed by atoms with Crippen LogP contribution >= 0.6 is 0 Å². The number of fused-ring (bicyclic) bond motifs is 1. The first-order valence-electron chi connectivity index (χ1n) is 9.74. The van der Waals surface area contributed by atoms with Crippen LogP contribution in [0.4, 0.5) is 0 Å². The molecule has 4 rings (SSSR count). The second-order valence-electron chi connectivity index (χ2n) is 7.29. The maximum Gasteiger partial charge on any atom is 0.331 e. The van der Waals surface area contributed by atoms with Gasteiger partial charge in [-0.05, 0) is 49.2 Å². The van der Waals surface area contributed by atoms with E-state index in [1.807, 2.05) is 0 Å². The number of hydrogen-bond donors (Lipinski definition) is 1. The Morgan fingerprint density at radius 1 is 1.19 bits per heavy atom. The molecule has 1 aromatic carbocycles. The van der Waals surface area contributed by atoms with Gasteiger partial charge in [0.15, 0.2) is 5.65 Å². The Balaban J connectivity index is 1.59. The molecule has 164 valence electrons. The SMILES string of the molecule is COc1ccc(S(=O)(=O)N2CCC(n3c(=O)n(CC(=O)O)c4cccnc43)CC2)cc1. The quantitative estimate of drug-likeness (QED) is 0.606. The number of aliphatic carboxylic acids is 1. The summed E-state index contributed by atoms with van der Waals surface area (Å²) in [6.07, 6.45) is 2.38. The number of rotatable bonds is 6. The van der Waals surface area contributed by atoms with Gasteiger partial charge in [-0.3, -0.25) is 13.9 Å². The van der Waals surface area contributed by atoms with E-state index in [1.165, 1.54) is 32.7 Å². The number of imidazole rings is 1. The van der Waals surface area contributed by atoms with E-state index < -0.39 is 28.2 Å². The number of benzene rings is 1. The molecule has 31 heavy (non-hydrogen) atoms. The van der Waals surface area contributed by atoms with Crippen molar-refractivity contribution in [1.29, 1.82) is 0 Å². The number of methoxy groups -OCH3 is 1. The van der Waals surface area contributed by atoms with Crippen LogP contribution in [-0.4, -0.2) is 58.1 Å². The topological polar surface area (TPSA) is 124 Å². The van der Waals surface area contributed by atoms with E-state index in [0.29, 0.717) is 29.8 Å². The van der Waals surface area contributed by atoms with Gasteiger partial charge in [0, 0.05) is 25.3 Å². The minimum Gasteiger partial charge on any atom is -0.497 e. The Morgan fingerprint density at radius 2 is 1.87 bits per heavy atom. The molecule has 3 aromatic rings. The van der Waals surface area contributed by atoms with Crippen molar-refractivity contribution in [3.8, 4) is 5.75 Å². The summed E-state index contributed by atoms with van der Waals surface area (Å²) in [5.41, 5.74) is 0.404. The molecular formula is C20H22N4O6S. The molecular weight excluding hydrogens is 424 g/mol. The third-order valence-corrected chi connectivity index (χ3v) is 7.41. The molecule has 0 atom stereocenters. The molecule has 3 heterocycles. The van der Waals surface area contributed by atoms with Gasteiger partial charge in [0.2, 0.25) is 10.0 Å². The van der Waals surface area contributed by atoms with E-state index in [2.05, 4.69) is 4.98 Å². The molecule has 0 unspecified atom stereocenters. The summed E-state index contributed by atoms with van der Waals surface area (Å²) in [5.74, 6) is -0.548. The van der Waals surface area contributed by atoms with E-state index in [9.17, 15) is 18.0 Å². The molecule has 0 saturated carbocycles. The molecule has 0 radical (unpaired) electrons. The lowest BCUT2D eigenvalue weighted by Gasteiger charge is -2.31. The van der Waals surface area contributed by atoms with Gasteiger partial charge in [0.1, 0.15) is 12.3 Å². The number of aromatic nitrogens is 3. The minimum atomic E-state index is -3.66. The fraction of sp³-hybridized carbons (Fsp3) is 0.350. The van der Waals surface area contributed by atoms with Crippen molar-refractivity contribution in [2.24, 2.45) is 0 Å².